The molecule has 0 fully saturated rings. The summed E-state index contributed by atoms with van der Waals surface area (Å²) in [6, 6.07) is 7.00. The Labute approximate surface area is 126 Å². The summed E-state index contributed by atoms with van der Waals surface area (Å²) >= 11 is 0. The Hall–Kier alpha value is -0.310. The number of benzene rings is 1. The molecule has 0 aromatic heterocycles. The van der Waals surface area contributed by atoms with Gasteiger partial charge in [-0.3, -0.25) is 0 Å². The second-order valence-corrected chi connectivity index (χ2v) is 4.15. The molecule has 3 heteroatoms. The van der Waals surface area contributed by atoms with Crippen LogP contribution in [0.3, 0.4) is 0 Å². The van der Waals surface area contributed by atoms with E-state index in [2.05, 4.69) is 6.92 Å². The van der Waals surface area contributed by atoms with Crippen molar-refractivity contribution in [2.24, 2.45) is 0 Å². The van der Waals surface area contributed by atoms with Gasteiger partial charge in [-0.25, -0.2) is 0 Å². The average Bonchev–Trinajstić information content (AvgIpc) is 2.29. The van der Waals surface area contributed by atoms with E-state index < -0.39 is 5.97 Å². The molecule has 0 aliphatic heterocycles. The predicted octanol–water partition coefficient (Wildman–Crippen LogP) is -0.433. The normalized spacial score (nSPS) is 9.71. The van der Waals surface area contributed by atoms with Gasteiger partial charge in [-0.05, 0) is 24.0 Å². The number of rotatable bonds is 7. The summed E-state index contributed by atoms with van der Waals surface area (Å²) < 4.78 is 0. The summed E-state index contributed by atoms with van der Waals surface area (Å²) in [7, 11) is 0. The molecule has 0 aliphatic rings. The van der Waals surface area contributed by atoms with E-state index in [0.717, 1.165) is 6.42 Å². The third-order valence-electron chi connectivity index (χ3n) is 2.76. The van der Waals surface area contributed by atoms with Crippen molar-refractivity contribution in [3.05, 3.63) is 35.4 Å². The molecule has 1 rings (SSSR count). The number of hydrogen-bond acceptors (Lipinski definition) is 2. The van der Waals surface area contributed by atoms with Crippen molar-refractivity contribution >= 4 is 5.97 Å². The van der Waals surface area contributed by atoms with Crippen molar-refractivity contribution in [3.8, 4) is 0 Å². The number of hydrogen-bond donors (Lipinski definition) is 0. The van der Waals surface area contributed by atoms with Crippen LogP contribution in [-0.4, -0.2) is 5.97 Å². The van der Waals surface area contributed by atoms with E-state index in [1.807, 2.05) is 12.1 Å². The first kappa shape index (κ1) is 16.7. The molecule has 1 aromatic carbocycles. The maximum atomic E-state index is 10.5. The van der Waals surface area contributed by atoms with Gasteiger partial charge in [0.1, 0.15) is 0 Å². The van der Waals surface area contributed by atoms with Gasteiger partial charge in [-0.2, -0.15) is 0 Å². The minimum atomic E-state index is -1.10. The molecule has 17 heavy (non-hydrogen) atoms. The molecule has 2 nitrogen and oxygen atoms in total. The van der Waals surface area contributed by atoms with Crippen LogP contribution in [0.4, 0.5) is 0 Å². The van der Waals surface area contributed by atoms with Crippen molar-refractivity contribution in [1.82, 2.24) is 0 Å². The summed E-state index contributed by atoms with van der Waals surface area (Å²) in [5.74, 6) is -1.10. The molecular formula is C14H19NaO2. The van der Waals surface area contributed by atoms with E-state index in [9.17, 15) is 9.90 Å². The van der Waals surface area contributed by atoms with Crippen molar-refractivity contribution in [2.45, 2.75) is 45.4 Å². The van der Waals surface area contributed by atoms with Gasteiger partial charge < -0.3 is 9.90 Å². The smallest absolute Gasteiger partial charge is 0.545 e. The van der Waals surface area contributed by atoms with Crippen LogP contribution < -0.4 is 34.7 Å². The molecule has 0 saturated heterocycles. The van der Waals surface area contributed by atoms with Crippen LogP contribution in [0.1, 0.15) is 54.9 Å². The van der Waals surface area contributed by atoms with Crippen LogP contribution >= 0.6 is 0 Å². The van der Waals surface area contributed by atoms with Crippen LogP contribution in [0.15, 0.2) is 24.3 Å². The van der Waals surface area contributed by atoms with Gasteiger partial charge in [-0.15, -0.1) is 0 Å². The zero-order valence-corrected chi connectivity index (χ0v) is 12.9. The average molecular weight is 242 g/mol. The Balaban J connectivity index is 0.00000256. The quantitative estimate of drug-likeness (QED) is 0.481. The first-order chi connectivity index (χ1) is 7.74. The number of carbonyl (C=O) groups is 1. The Bertz CT molecular complexity index is 319. The summed E-state index contributed by atoms with van der Waals surface area (Å²) in [6.45, 7) is 2.21. The van der Waals surface area contributed by atoms with Gasteiger partial charge in [0, 0.05) is 0 Å². The fourth-order valence-corrected chi connectivity index (χ4v) is 1.74. The van der Waals surface area contributed by atoms with E-state index in [4.69, 9.17) is 0 Å². The third kappa shape index (κ3) is 6.87. The largest absolute Gasteiger partial charge is 1.00 e. The molecule has 88 valence electrons. The topological polar surface area (TPSA) is 40.1 Å². The van der Waals surface area contributed by atoms with Crippen molar-refractivity contribution < 1.29 is 39.5 Å². The Morgan fingerprint density at radius 1 is 1.06 bits per heavy atom. The van der Waals surface area contributed by atoms with E-state index >= 15 is 0 Å². The molecule has 0 aliphatic carbocycles. The Morgan fingerprint density at radius 2 is 1.65 bits per heavy atom. The molecule has 0 N–H and O–H groups in total. The zero-order chi connectivity index (χ0) is 11.8. The first-order valence-electron chi connectivity index (χ1n) is 6.04. The molecule has 0 atom stereocenters. The molecule has 0 unspecified atom stereocenters. The minimum Gasteiger partial charge on any atom is -0.545 e. The van der Waals surface area contributed by atoms with Crippen LogP contribution in [0.2, 0.25) is 0 Å². The number of unbranched alkanes of at least 4 members (excludes halogenated alkanes) is 4. The van der Waals surface area contributed by atoms with Crippen molar-refractivity contribution in [1.29, 1.82) is 0 Å². The number of aryl methyl sites for hydroxylation is 1. The number of carbonyl (C=O) groups excluding carboxylic acids is 1. The van der Waals surface area contributed by atoms with E-state index in [1.165, 1.54) is 37.7 Å². The second-order valence-electron chi connectivity index (χ2n) is 4.15. The number of aromatic carboxylic acids is 1. The van der Waals surface area contributed by atoms with E-state index in [-0.39, 0.29) is 35.1 Å². The second kappa shape index (κ2) is 9.69. The first-order valence-corrected chi connectivity index (χ1v) is 6.04. The van der Waals surface area contributed by atoms with Gasteiger partial charge >= 0.3 is 29.6 Å². The fourth-order valence-electron chi connectivity index (χ4n) is 1.74. The van der Waals surface area contributed by atoms with Crippen molar-refractivity contribution in [2.75, 3.05) is 0 Å². The molecule has 0 amide bonds. The predicted molar refractivity (Wildman–Crippen MR) is 63.2 cm³/mol. The number of carboxylic acids is 1. The minimum absolute atomic E-state index is 0. The van der Waals surface area contributed by atoms with Gasteiger partial charge in [-0.1, -0.05) is 56.9 Å². The van der Waals surface area contributed by atoms with Gasteiger partial charge in [0.25, 0.3) is 0 Å². The maximum absolute atomic E-state index is 10.5. The number of carboxylic acid groups (broad SMARTS) is 1. The maximum Gasteiger partial charge on any atom is 1.00 e. The van der Waals surface area contributed by atoms with Gasteiger partial charge in [0.05, 0.1) is 5.97 Å². The standard InChI is InChI=1S/C14H20O2.Na/c1-2-3-4-5-6-7-12-8-10-13(11-9-12)14(15)16;/h8-11H,2-7H2,1H3,(H,15,16);/q;+1/p-1. The van der Waals surface area contributed by atoms with Crippen LogP contribution in [0, 0.1) is 0 Å². The SMILES string of the molecule is CCCCCCCc1ccc(C(=O)[O-])cc1.[Na+]. The van der Waals surface area contributed by atoms with Gasteiger partial charge in [0.2, 0.25) is 0 Å². The summed E-state index contributed by atoms with van der Waals surface area (Å²) in [6.07, 6.45) is 7.36. The molecule has 0 bridgehead atoms. The van der Waals surface area contributed by atoms with Crippen LogP contribution in [0.5, 0.6) is 0 Å². The molecular weight excluding hydrogens is 223 g/mol. The zero-order valence-electron chi connectivity index (χ0n) is 10.9. The van der Waals surface area contributed by atoms with Crippen LogP contribution in [-0.2, 0) is 6.42 Å². The van der Waals surface area contributed by atoms with Gasteiger partial charge in [0.15, 0.2) is 0 Å². The molecule has 0 spiro atoms. The Morgan fingerprint density at radius 3 is 2.18 bits per heavy atom. The Kier molecular flexibility index (Phi) is 9.52. The molecule has 0 saturated carbocycles. The van der Waals surface area contributed by atoms with Crippen molar-refractivity contribution in [3.63, 3.8) is 0 Å². The third-order valence-corrected chi connectivity index (χ3v) is 2.76. The summed E-state index contributed by atoms with van der Waals surface area (Å²) in [5, 5.41) is 10.5. The fraction of sp³-hybridized carbons (Fsp3) is 0.500. The molecule has 1 aromatic rings. The van der Waals surface area contributed by atoms with E-state index in [1.54, 1.807) is 12.1 Å². The van der Waals surface area contributed by atoms with Crippen LogP contribution in [0.25, 0.3) is 0 Å². The summed E-state index contributed by atoms with van der Waals surface area (Å²) in [4.78, 5) is 10.5. The molecule has 0 heterocycles. The summed E-state index contributed by atoms with van der Waals surface area (Å²) in [5.41, 5.74) is 1.47. The monoisotopic (exact) mass is 242 g/mol. The van der Waals surface area contributed by atoms with E-state index in [0.29, 0.717) is 0 Å². The molecule has 0 radical (unpaired) electrons.